The van der Waals surface area contributed by atoms with Crippen LogP contribution in [0.4, 0.5) is 11.6 Å². The average Bonchev–Trinajstić information content (AvgIpc) is 2.67. The van der Waals surface area contributed by atoms with Gasteiger partial charge in [-0.15, -0.1) is 0 Å². The number of nitrogens with one attached hydrogen (secondary N) is 1. The van der Waals surface area contributed by atoms with Crippen LogP contribution in [0.2, 0.25) is 0 Å². The average molecular weight is 394 g/mol. The molecule has 0 radical (unpaired) electrons. The lowest BCUT2D eigenvalue weighted by molar-refractivity contribution is 0.563. The van der Waals surface area contributed by atoms with Gasteiger partial charge in [0.1, 0.15) is 5.58 Å². The molecule has 8 nitrogen and oxygen atoms in total. The number of aromatic nitrogens is 2. The highest BCUT2D eigenvalue weighted by molar-refractivity contribution is 7.89. The van der Waals surface area contributed by atoms with E-state index in [2.05, 4.69) is 15.3 Å². The highest BCUT2D eigenvalue weighted by atomic mass is 32.2. The molecule has 2 heterocycles. The van der Waals surface area contributed by atoms with Crippen molar-refractivity contribution in [1.29, 1.82) is 0 Å². The monoisotopic (exact) mass is 394 g/mol. The molecular formula is C19H14N4O4S. The van der Waals surface area contributed by atoms with Crippen LogP contribution in [-0.2, 0) is 10.0 Å². The standard InChI is InChI=1S/C19H14N4O4S/c20-28(25,26)14-7-5-13(6-8-14)22-19-21-10-9-16(23-19)15-11-12-3-1-2-4-17(12)27-18(15)24/h1-11H,(H2,20,25,26)(H,21,22,23). The first-order valence-electron chi connectivity index (χ1n) is 8.16. The van der Waals surface area contributed by atoms with Gasteiger partial charge in [-0.3, -0.25) is 0 Å². The lowest BCUT2D eigenvalue weighted by Crippen LogP contribution is -2.11. The number of sulfonamides is 1. The Morgan fingerprint density at radius 2 is 1.75 bits per heavy atom. The lowest BCUT2D eigenvalue weighted by Gasteiger charge is -2.07. The van der Waals surface area contributed by atoms with Crippen molar-refractivity contribution in [2.24, 2.45) is 5.14 Å². The van der Waals surface area contributed by atoms with Gasteiger partial charge in [-0.25, -0.2) is 28.3 Å². The summed E-state index contributed by atoms with van der Waals surface area (Å²) in [6.45, 7) is 0. The van der Waals surface area contributed by atoms with Crippen LogP contribution in [-0.4, -0.2) is 18.4 Å². The predicted molar refractivity (Wildman–Crippen MR) is 105 cm³/mol. The molecule has 0 spiro atoms. The van der Waals surface area contributed by atoms with Gasteiger partial charge in [-0.05, 0) is 42.5 Å². The molecule has 2 aromatic heterocycles. The van der Waals surface area contributed by atoms with E-state index in [1.165, 1.54) is 18.3 Å². The topological polar surface area (TPSA) is 128 Å². The quantitative estimate of drug-likeness (QED) is 0.509. The number of rotatable bonds is 4. The van der Waals surface area contributed by atoms with Gasteiger partial charge in [-0.1, -0.05) is 18.2 Å². The van der Waals surface area contributed by atoms with Crippen LogP contribution in [0.3, 0.4) is 0 Å². The van der Waals surface area contributed by atoms with Gasteiger partial charge in [0.15, 0.2) is 0 Å². The number of nitrogens with zero attached hydrogens (tertiary/aromatic N) is 2. The smallest absolute Gasteiger partial charge is 0.345 e. The Hall–Kier alpha value is -3.56. The summed E-state index contributed by atoms with van der Waals surface area (Å²) < 4.78 is 28.0. The molecule has 0 atom stereocenters. The lowest BCUT2D eigenvalue weighted by atomic mass is 10.1. The van der Waals surface area contributed by atoms with Crippen LogP contribution in [0.25, 0.3) is 22.2 Å². The number of fused-ring (bicyclic) bond motifs is 1. The van der Waals surface area contributed by atoms with E-state index in [0.717, 1.165) is 5.39 Å². The van der Waals surface area contributed by atoms with Gasteiger partial charge in [-0.2, -0.15) is 0 Å². The van der Waals surface area contributed by atoms with Crippen molar-refractivity contribution in [2.45, 2.75) is 4.90 Å². The van der Waals surface area contributed by atoms with Crippen molar-refractivity contribution in [3.8, 4) is 11.3 Å². The number of benzene rings is 2. The van der Waals surface area contributed by atoms with Gasteiger partial charge in [0.05, 0.1) is 16.2 Å². The summed E-state index contributed by atoms with van der Waals surface area (Å²) in [7, 11) is -3.76. The molecule has 4 rings (SSSR count). The third kappa shape index (κ3) is 3.61. The Balaban J connectivity index is 1.67. The molecule has 0 aliphatic rings. The number of nitrogens with two attached hydrogens (primary N) is 1. The van der Waals surface area contributed by atoms with E-state index in [9.17, 15) is 13.2 Å². The highest BCUT2D eigenvalue weighted by Crippen LogP contribution is 2.21. The van der Waals surface area contributed by atoms with E-state index < -0.39 is 15.6 Å². The van der Waals surface area contributed by atoms with Crippen molar-refractivity contribution in [1.82, 2.24) is 9.97 Å². The molecule has 0 saturated heterocycles. The SMILES string of the molecule is NS(=O)(=O)c1ccc(Nc2nccc(-c3cc4ccccc4oc3=O)n2)cc1. The first-order chi connectivity index (χ1) is 13.4. The number of para-hydroxylation sites is 1. The second-order valence-corrected chi connectivity index (χ2v) is 7.51. The van der Waals surface area contributed by atoms with Crippen molar-refractivity contribution >= 4 is 32.6 Å². The maximum atomic E-state index is 12.3. The molecule has 0 aliphatic heterocycles. The van der Waals surface area contributed by atoms with E-state index in [1.807, 2.05) is 12.1 Å². The van der Waals surface area contributed by atoms with E-state index in [-0.39, 0.29) is 10.8 Å². The van der Waals surface area contributed by atoms with Gasteiger partial charge < -0.3 is 9.73 Å². The molecule has 0 fully saturated rings. The first kappa shape index (κ1) is 17.8. The molecule has 0 aliphatic carbocycles. The van der Waals surface area contributed by atoms with Gasteiger partial charge in [0, 0.05) is 17.3 Å². The minimum atomic E-state index is -3.76. The Bertz CT molecular complexity index is 1330. The summed E-state index contributed by atoms with van der Waals surface area (Å²) in [6.07, 6.45) is 1.51. The maximum Gasteiger partial charge on any atom is 0.345 e. The second-order valence-electron chi connectivity index (χ2n) is 5.95. The van der Waals surface area contributed by atoms with Crippen molar-refractivity contribution in [3.05, 3.63) is 77.3 Å². The fourth-order valence-electron chi connectivity index (χ4n) is 2.67. The molecule has 0 unspecified atom stereocenters. The van der Waals surface area contributed by atoms with E-state index in [4.69, 9.17) is 9.56 Å². The van der Waals surface area contributed by atoms with E-state index in [1.54, 1.807) is 36.4 Å². The molecule has 0 bridgehead atoms. The summed E-state index contributed by atoms with van der Waals surface area (Å²) in [5, 5.41) is 8.83. The number of anilines is 2. The minimum absolute atomic E-state index is 0.00138. The van der Waals surface area contributed by atoms with E-state index in [0.29, 0.717) is 22.5 Å². The third-order valence-electron chi connectivity index (χ3n) is 4.01. The summed E-state index contributed by atoms with van der Waals surface area (Å²) in [6, 6.07) is 16.4. The number of primary sulfonamides is 1. The van der Waals surface area contributed by atoms with Gasteiger partial charge in [0.25, 0.3) is 0 Å². The third-order valence-corrected chi connectivity index (χ3v) is 4.94. The number of hydrogen-bond donors (Lipinski definition) is 2. The van der Waals surface area contributed by atoms with Crippen LogP contribution in [0.5, 0.6) is 0 Å². The van der Waals surface area contributed by atoms with Crippen molar-refractivity contribution in [3.63, 3.8) is 0 Å². The first-order valence-corrected chi connectivity index (χ1v) is 9.71. The molecular weight excluding hydrogens is 380 g/mol. The zero-order valence-corrected chi connectivity index (χ0v) is 15.2. The molecule has 9 heteroatoms. The Morgan fingerprint density at radius 3 is 2.50 bits per heavy atom. The Labute approximate surface area is 159 Å². The second kappa shape index (κ2) is 6.87. The molecule has 0 amide bonds. The van der Waals surface area contributed by atoms with Crippen LogP contribution < -0.4 is 16.1 Å². The summed E-state index contributed by atoms with van der Waals surface area (Å²) in [4.78, 5) is 20.8. The molecule has 28 heavy (non-hydrogen) atoms. The van der Waals surface area contributed by atoms with Crippen LogP contribution in [0.15, 0.2) is 81.0 Å². The van der Waals surface area contributed by atoms with Gasteiger partial charge in [0.2, 0.25) is 16.0 Å². The van der Waals surface area contributed by atoms with Crippen molar-refractivity contribution < 1.29 is 12.8 Å². The molecule has 4 aromatic rings. The molecule has 2 aromatic carbocycles. The van der Waals surface area contributed by atoms with E-state index >= 15 is 0 Å². The molecule has 3 N–H and O–H groups in total. The minimum Gasteiger partial charge on any atom is -0.422 e. The normalized spacial score (nSPS) is 11.5. The van der Waals surface area contributed by atoms with Crippen molar-refractivity contribution in [2.75, 3.05) is 5.32 Å². The summed E-state index contributed by atoms with van der Waals surface area (Å²) >= 11 is 0. The summed E-state index contributed by atoms with van der Waals surface area (Å²) in [5.74, 6) is 0.244. The largest absolute Gasteiger partial charge is 0.422 e. The summed E-state index contributed by atoms with van der Waals surface area (Å²) in [5.41, 5.74) is 1.28. The maximum absolute atomic E-state index is 12.3. The highest BCUT2D eigenvalue weighted by Gasteiger charge is 2.11. The Kier molecular flexibility index (Phi) is 4.38. The van der Waals surface area contributed by atoms with Gasteiger partial charge >= 0.3 is 5.63 Å². The number of hydrogen-bond acceptors (Lipinski definition) is 7. The predicted octanol–water partition coefficient (Wildman–Crippen LogP) is 2.64. The van der Waals surface area contributed by atoms with Crippen LogP contribution in [0, 0.1) is 0 Å². The molecule has 0 saturated carbocycles. The van der Waals surface area contributed by atoms with Crippen LogP contribution in [0.1, 0.15) is 0 Å². The van der Waals surface area contributed by atoms with Crippen LogP contribution >= 0.6 is 0 Å². The fourth-order valence-corrected chi connectivity index (χ4v) is 3.18. The fraction of sp³-hybridized carbons (Fsp3) is 0. The Morgan fingerprint density at radius 1 is 1.00 bits per heavy atom. The zero-order valence-electron chi connectivity index (χ0n) is 14.4. The molecule has 140 valence electrons. The zero-order chi connectivity index (χ0) is 19.7.